The van der Waals surface area contributed by atoms with Crippen LogP contribution in [0.2, 0.25) is 0 Å². The van der Waals surface area contributed by atoms with Crippen LogP contribution in [-0.2, 0) is 14.3 Å². The summed E-state index contributed by atoms with van der Waals surface area (Å²) in [5.74, 6) is 0.993. The molecule has 0 aromatic rings. The van der Waals surface area contributed by atoms with Crippen LogP contribution in [-0.4, -0.2) is 17.9 Å². The van der Waals surface area contributed by atoms with Crippen molar-refractivity contribution in [3.63, 3.8) is 0 Å². The predicted octanol–water partition coefficient (Wildman–Crippen LogP) is 4.62. The molecule has 0 fully saturated rings. The number of fused-ring (bicyclic) bond motifs is 1. The van der Waals surface area contributed by atoms with Gasteiger partial charge in [-0.05, 0) is 50.5 Å². The molecule has 3 heteroatoms. The van der Waals surface area contributed by atoms with Gasteiger partial charge in [0.15, 0.2) is 0 Å². The summed E-state index contributed by atoms with van der Waals surface area (Å²) in [5.41, 5.74) is 1.97. The molecular formula is C20H30O3. The minimum absolute atomic E-state index is 0.153. The lowest BCUT2D eigenvalue weighted by Gasteiger charge is -2.25. The molecule has 23 heavy (non-hydrogen) atoms. The van der Waals surface area contributed by atoms with Gasteiger partial charge in [0, 0.05) is 24.3 Å². The fourth-order valence-electron chi connectivity index (χ4n) is 3.60. The van der Waals surface area contributed by atoms with Crippen LogP contribution in [0, 0.1) is 17.8 Å². The zero-order valence-corrected chi connectivity index (χ0v) is 14.9. The third kappa shape index (κ3) is 5.05. The number of carbonyl (C=O) groups excluding carboxylic acids is 2. The van der Waals surface area contributed by atoms with E-state index in [0.29, 0.717) is 29.7 Å². The number of carbonyl (C=O) groups is 2. The lowest BCUT2D eigenvalue weighted by atomic mass is 9.84. The molecule has 1 aliphatic carbocycles. The first-order valence-electron chi connectivity index (χ1n) is 8.95. The first-order chi connectivity index (χ1) is 10.9. The Labute approximate surface area is 140 Å². The number of ketones is 1. The molecule has 1 aliphatic heterocycles. The molecule has 0 radical (unpaired) electrons. The van der Waals surface area contributed by atoms with E-state index in [9.17, 15) is 9.59 Å². The van der Waals surface area contributed by atoms with Crippen LogP contribution in [0.5, 0.6) is 0 Å². The Morgan fingerprint density at radius 3 is 2.65 bits per heavy atom. The van der Waals surface area contributed by atoms with Crippen molar-refractivity contribution in [1.82, 2.24) is 0 Å². The lowest BCUT2D eigenvalue weighted by molar-refractivity contribution is -0.142. The van der Waals surface area contributed by atoms with E-state index >= 15 is 0 Å². The van der Waals surface area contributed by atoms with Crippen LogP contribution in [0.1, 0.15) is 66.2 Å². The molecule has 3 atom stereocenters. The van der Waals surface area contributed by atoms with E-state index in [0.717, 1.165) is 25.7 Å². The van der Waals surface area contributed by atoms with E-state index in [-0.39, 0.29) is 24.3 Å². The van der Waals surface area contributed by atoms with Crippen LogP contribution >= 0.6 is 0 Å². The van der Waals surface area contributed by atoms with E-state index in [2.05, 4.69) is 33.8 Å². The van der Waals surface area contributed by atoms with E-state index in [1.165, 1.54) is 5.57 Å². The molecule has 0 N–H and O–H groups in total. The lowest BCUT2D eigenvalue weighted by Crippen LogP contribution is -2.25. The topological polar surface area (TPSA) is 43.4 Å². The van der Waals surface area contributed by atoms with Gasteiger partial charge in [0.05, 0.1) is 0 Å². The second-order valence-electron chi connectivity index (χ2n) is 7.66. The number of ether oxygens (including phenoxy) is 1. The zero-order valence-electron chi connectivity index (χ0n) is 14.9. The third-order valence-corrected chi connectivity index (χ3v) is 5.14. The SMILES string of the molecule is C/C1=C\CC[C@@H](C)CC(=O)CC2=C[C@H](OC2=O)[C@@H](C(C)C)CC1. The highest BCUT2D eigenvalue weighted by Gasteiger charge is 2.33. The van der Waals surface area contributed by atoms with Crippen molar-refractivity contribution in [2.75, 3.05) is 0 Å². The molecule has 3 nitrogen and oxygen atoms in total. The van der Waals surface area contributed by atoms with E-state index in [4.69, 9.17) is 4.74 Å². The highest BCUT2D eigenvalue weighted by Crippen LogP contribution is 2.32. The molecule has 0 spiro atoms. The van der Waals surface area contributed by atoms with Crippen molar-refractivity contribution < 1.29 is 14.3 Å². The van der Waals surface area contributed by atoms with Gasteiger partial charge in [0.2, 0.25) is 0 Å². The summed E-state index contributed by atoms with van der Waals surface area (Å²) >= 11 is 0. The van der Waals surface area contributed by atoms with Crippen molar-refractivity contribution in [3.8, 4) is 0 Å². The summed E-state index contributed by atoms with van der Waals surface area (Å²) in [7, 11) is 0. The monoisotopic (exact) mass is 318 g/mol. The molecule has 0 unspecified atom stereocenters. The summed E-state index contributed by atoms with van der Waals surface area (Å²) < 4.78 is 5.58. The van der Waals surface area contributed by atoms with Gasteiger partial charge in [0.1, 0.15) is 11.9 Å². The van der Waals surface area contributed by atoms with Gasteiger partial charge < -0.3 is 4.74 Å². The fraction of sp³-hybridized carbons (Fsp3) is 0.700. The fourth-order valence-corrected chi connectivity index (χ4v) is 3.60. The van der Waals surface area contributed by atoms with Crippen molar-refractivity contribution in [3.05, 3.63) is 23.3 Å². The molecule has 0 saturated carbocycles. The van der Waals surface area contributed by atoms with Crippen LogP contribution in [0.3, 0.4) is 0 Å². The average Bonchev–Trinajstić information content (AvgIpc) is 2.78. The van der Waals surface area contributed by atoms with Crippen LogP contribution < -0.4 is 0 Å². The molecule has 0 amide bonds. The van der Waals surface area contributed by atoms with E-state index in [1.54, 1.807) is 0 Å². The van der Waals surface area contributed by atoms with Gasteiger partial charge in [-0.1, -0.05) is 32.4 Å². The maximum atomic E-state index is 12.2. The third-order valence-electron chi connectivity index (χ3n) is 5.14. The molecule has 0 saturated heterocycles. The quantitative estimate of drug-likeness (QED) is 0.523. The summed E-state index contributed by atoms with van der Waals surface area (Å²) in [4.78, 5) is 24.3. The molecule has 0 aromatic carbocycles. The molecule has 1 heterocycles. The maximum absolute atomic E-state index is 12.2. The Kier molecular flexibility index (Phi) is 6.20. The largest absolute Gasteiger partial charge is 0.454 e. The average molecular weight is 318 g/mol. The predicted molar refractivity (Wildman–Crippen MR) is 91.9 cm³/mol. The Balaban J connectivity index is 2.21. The molecule has 2 bridgehead atoms. The van der Waals surface area contributed by atoms with Crippen LogP contribution in [0.4, 0.5) is 0 Å². The van der Waals surface area contributed by atoms with E-state index < -0.39 is 0 Å². The Morgan fingerprint density at radius 1 is 1.22 bits per heavy atom. The molecule has 2 aliphatic rings. The van der Waals surface area contributed by atoms with Crippen LogP contribution in [0.15, 0.2) is 23.3 Å². The summed E-state index contributed by atoms with van der Waals surface area (Å²) in [5, 5.41) is 0. The number of rotatable bonds is 1. The van der Waals surface area contributed by atoms with Crippen molar-refractivity contribution in [2.45, 2.75) is 72.3 Å². The Hall–Kier alpha value is -1.38. The van der Waals surface area contributed by atoms with E-state index in [1.807, 2.05) is 6.08 Å². The number of Topliss-reactive ketones (excluding diaryl/α,β-unsaturated/α-hetero) is 1. The zero-order chi connectivity index (χ0) is 17.0. The van der Waals surface area contributed by atoms with Gasteiger partial charge in [-0.25, -0.2) is 4.79 Å². The van der Waals surface area contributed by atoms with Crippen molar-refractivity contribution in [2.24, 2.45) is 17.8 Å². The Morgan fingerprint density at radius 2 is 1.96 bits per heavy atom. The van der Waals surface area contributed by atoms with Crippen molar-refractivity contribution in [1.29, 1.82) is 0 Å². The van der Waals surface area contributed by atoms with Gasteiger partial charge >= 0.3 is 5.97 Å². The number of hydrogen-bond acceptors (Lipinski definition) is 3. The first-order valence-corrected chi connectivity index (χ1v) is 8.95. The summed E-state index contributed by atoms with van der Waals surface area (Å²) in [6.45, 7) is 8.66. The first kappa shape index (κ1) is 18.0. The number of hydrogen-bond donors (Lipinski definition) is 0. The number of esters is 1. The second-order valence-corrected chi connectivity index (χ2v) is 7.66. The Bertz CT molecular complexity index is 513. The minimum atomic E-state index is -0.288. The van der Waals surface area contributed by atoms with Gasteiger partial charge in [-0.2, -0.15) is 0 Å². The molecule has 2 rings (SSSR count). The van der Waals surface area contributed by atoms with Gasteiger partial charge in [0.25, 0.3) is 0 Å². The highest BCUT2D eigenvalue weighted by atomic mass is 16.5. The maximum Gasteiger partial charge on any atom is 0.334 e. The van der Waals surface area contributed by atoms with Gasteiger partial charge in [-0.3, -0.25) is 4.79 Å². The summed E-state index contributed by atoms with van der Waals surface area (Å²) in [6, 6.07) is 0. The van der Waals surface area contributed by atoms with Gasteiger partial charge in [-0.15, -0.1) is 0 Å². The molecule has 0 aromatic heterocycles. The number of allylic oxidation sites excluding steroid dienone is 2. The second kappa shape index (κ2) is 7.94. The summed E-state index contributed by atoms with van der Waals surface area (Å²) in [6.07, 6.45) is 8.98. The van der Waals surface area contributed by atoms with Crippen molar-refractivity contribution >= 4 is 11.8 Å². The van der Waals surface area contributed by atoms with Crippen LogP contribution in [0.25, 0.3) is 0 Å². The highest BCUT2D eigenvalue weighted by molar-refractivity contribution is 5.97. The molecular weight excluding hydrogens is 288 g/mol. The normalized spacial score (nSPS) is 32.8. The minimum Gasteiger partial charge on any atom is -0.454 e. The molecule has 128 valence electrons. The smallest absolute Gasteiger partial charge is 0.334 e. The standard InChI is InChI=1S/C20H30O3/c1-13(2)18-9-8-14(3)6-5-7-15(4)10-17(21)11-16-12-19(18)23-20(16)22/h6,12-13,15,18-19H,5,7-11H2,1-4H3/b14-6+/t15-,18-,19+/m1/s1.